The fourth-order valence-electron chi connectivity index (χ4n) is 2.26. The predicted molar refractivity (Wildman–Crippen MR) is 104 cm³/mol. The second kappa shape index (κ2) is 9.27. The van der Waals surface area contributed by atoms with Crippen LogP contribution in [0.3, 0.4) is 0 Å². The molecule has 0 heterocycles. The minimum atomic E-state index is -1.000. The van der Waals surface area contributed by atoms with E-state index < -0.39 is 18.0 Å². The Labute approximate surface area is 165 Å². The van der Waals surface area contributed by atoms with Crippen molar-refractivity contribution in [2.45, 2.75) is 13.0 Å². The van der Waals surface area contributed by atoms with E-state index in [1.165, 1.54) is 40.4 Å². The molecule has 27 heavy (non-hydrogen) atoms. The summed E-state index contributed by atoms with van der Waals surface area (Å²) >= 11 is 3.32. The third-order valence-electron chi connectivity index (χ3n) is 3.67. The molecule has 1 amide bonds. The quantitative estimate of drug-likeness (QED) is 0.665. The van der Waals surface area contributed by atoms with Gasteiger partial charge in [0.25, 0.3) is 5.91 Å². The first-order chi connectivity index (χ1) is 12.9. The standard InChI is InChI=1S/C19H20BrNO6/c1-11(18(22)21-14-7-5-13(20)6-8-14)27-19(23)12-9-15(24-2)17(26-4)16(10-12)25-3/h5-11H,1-4H3,(H,21,22). The van der Waals surface area contributed by atoms with Crippen molar-refractivity contribution in [2.75, 3.05) is 26.6 Å². The Morgan fingerprint density at radius 3 is 2.00 bits per heavy atom. The van der Waals surface area contributed by atoms with Gasteiger partial charge in [-0.25, -0.2) is 4.79 Å². The fraction of sp³-hybridized carbons (Fsp3) is 0.263. The van der Waals surface area contributed by atoms with Crippen LogP contribution >= 0.6 is 15.9 Å². The number of carbonyl (C=O) groups excluding carboxylic acids is 2. The number of benzene rings is 2. The molecule has 0 aliphatic heterocycles. The number of carbonyl (C=O) groups is 2. The minimum absolute atomic E-state index is 0.174. The number of rotatable bonds is 7. The number of esters is 1. The highest BCUT2D eigenvalue weighted by molar-refractivity contribution is 9.10. The van der Waals surface area contributed by atoms with E-state index in [-0.39, 0.29) is 5.56 Å². The maximum atomic E-state index is 12.4. The van der Waals surface area contributed by atoms with Crippen molar-refractivity contribution >= 4 is 33.5 Å². The van der Waals surface area contributed by atoms with Crippen molar-refractivity contribution in [1.82, 2.24) is 0 Å². The normalized spacial score (nSPS) is 11.3. The van der Waals surface area contributed by atoms with Crippen molar-refractivity contribution < 1.29 is 28.5 Å². The summed E-state index contributed by atoms with van der Waals surface area (Å²) in [6, 6.07) is 9.97. The molecular formula is C19H20BrNO6. The number of nitrogens with one attached hydrogen (secondary N) is 1. The summed E-state index contributed by atoms with van der Waals surface area (Å²) in [5.74, 6) is -0.144. The van der Waals surface area contributed by atoms with E-state index in [9.17, 15) is 9.59 Å². The Morgan fingerprint density at radius 2 is 1.52 bits per heavy atom. The van der Waals surface area contributed by atoms with Crippen molar-refractivity contribution in [3.63, 3.8) is 0 Å². The molecule has 0 aliphatic carbocycles. The Morgan fingerprint density at radius 1 is 0.963 bits per heavy atom. The van der Waals surface area contributed by atoms with Gasteiger partial charge in [0.2, 0.25) is 5.75 Å². The molecule has 0 saturated heterocycles. The van der Waals surface area contributed by atoms with Gasteiger partial charge in [0.05, 0.1) is 26.9 Å². The average molecular weight is 438 g/mol. The molecule has 0 radical (unpaired) electrons. The molecule has 0 fully saturated rings. The van der Waals surface area contributed by atoms with Crippen LogP contribution in [0, 0.1) is 0 Å². The van der Waals surface area contributed by atoms with E-state index in [1.807, 2.05) is 0 Å². The minimum Gasteiger partial charge on any atom is -0.493 e. The molecule has 2 rings (SSSR count). The summed E-state index contributed by atoms with van der Waals surface area (Å²) in [5, 5.41) is 2.68. The number of anilines is 1. The Bertz CT molecular complexity index is 796. The molecule has 2 aromatic carbocycles. The van der Waals surface area contributed by atoms with Crippen LogP contribution in [0.5, 0.6) is 17.2 Å². The summed E-state index contributed by atoms with van der Waals surface area (Å²) < 4.78 is 21.8. The lowest BCUT2D eigenvalue weighted by Gasteiger charge is -2.16. The molecule has 7 nitrogen and oxygen atoms in total. The van der Waals surface area contributed by atoms with Gasteiger partial charge in [0.1, 0.15) is 0 Å². The Hall–Kier alpha value is -2.74. The zero-order valence-electron chi connectivity index (χ0n) is 15.4. The number of methoxy groups -OCH3 is 3. The van der Waals surface area contributed by atoms with Crippen LogP contribution < -0.4 is 19.5 Å². The monoisotopic (exact) mass is 437 g/mol. The van der Waals surface area contributed by atoms with Crippen LogP contribution in [-0.4, -0.2) is 39.3 Å². The molecule has 0 bridgehead atoms. The molecule has 1 atom stereocenters. The van der Waals surface area contributed by atoms with E-state index >= 15 is 0 Å². The van der Waals surface area contributed by atoms with E-state index in [2.05, 4.69) is 21.2 Å². The number of amides is 1. The Balaban J connectivity index is 2.11. The lowest BCUT2D eigenvalue weighted by molar-refractivity contribution is -0.123. The number of hydrogen-bond donors (Lipinski definition) is 1. The first kappa shape index (κ1) is 20.6. The second-order valence-electron chi connectivity index (χ2n) is 5.46. The molecule has 2 aromatic rings. The third kappa shape index (κ3) is 5.13. The molecule has 0 aromatic heterocycles. The van der Waals surface area contributed by atoms with Crippen molar-refractivity contribution in [1.29, 1.82) is 0 Å². The number of ether oxygens (including phenoxy) is 4. The van der Waals surface area contributed by atoms with E-state index in [0.717, 1.165) is 4.47 Å². The third-order valence-corrected chi connectivity index (χ3v) is 4.19. The summed E-state index contributed by atoms with van der Waals surface area (Å²) in [5.41, 5.74) is 0.770. The largest absolute Gasteiger partial charge is 0.493 e. The molecule has 8 heteroatoms. The highest BCUT2D eigenvalue weighted by atomic mass is 79.9. The highest BCUT2D eigenvalue weighted by Crippen LogP contribution is 2.38. The van der Waals surface area contributed by atoms with Crippen molar-refractivity contribution in [3.05, 3.63) is 46.4 Å². The summed E-state index contributed by atoms with van der Waals surface area (Å²) in [6.07, 6.45) is -1.000. The lowest BCUT2D eigenvalue weighted by atomic mass is 10.2. The molecular weight excluding hydrogens is 418 g/mol. The highest BCUT2D eigenvalue weighted by Gasteiger charge is 2.22. The molecule has 144 valence electrons. The fourth-order valence-corrected chi connectivity index (χ4v) is 2.52. The van der Waals surface area contributed by atoms with E-state index in [4.69, 9.17) is 18.9 Å². The van der Waals surface area contributed by atoms with Crippen LogP contribution in [-0.2, 0) is 9.53 Å². The van der Waals surface area contributed by atoms with Crippen LogP contribution in [0.2, 0.25) is 0 Å². The van der Waals surface area contributed by atoms with Gasteiger partial charge >= 0.3 is 5.97 Å². The zero-order valence-corrected chi connectivity index (χ0v) is 17.0. The van der Waals surface area contributed by atoms with Gasteiger partial charge in [0, 0.05) is 10.2 Å². The average Bonchev–Trinajstić information content (AvgIpc) is 2.68. The number of halogens is 1. The molecule has 0 spiro atoms. The summed E-state index contributed by atoms with van der Waals surface area (Å²) in [7, 11) is 4.36. The predicted octanol–water partition coefficient (Wildman–Crippen LogP) is 3.66. The van der Waals surface area contributed by atoms with E-state index in [0.29, 0.717) is 22.9 Å². The van der Waals surface area contributed by atoms with Crippen molar-refractivity contribution in [2.24, 2.45) is 0 Å². The SMILES string of the molecule is COc1cc(C(=O)OC(C)C(=O)Nc2ccc(Br)cc2)cc(OC)c1OC. The van der Waals surface area contributed by atoms with Gasteiger partial charge < -0.3 is 24.3 Å². The van der Waals surface area contributed by atoms with Crippen molar-refractivity contribution in [3.8, 4) is 17.2 Å². The first-order valence-corrected chi connectivity index (χ1v) is 8.76. The first-order valence-electron chi connectivity index (χ1n) is 7.97. The summed E-state index contributed by atoms with van der Waals surface area (Å²) in [6.45, 7) is 1.49. The van der Waals surface area contributed by atoms with Crippen LogP contribution in [0.1, 0.15) is 17.3 Å². The molecule has 1 unspecified atom stereocenters. The lowest BCUT2D eigenvalue weighted by Crippen LogP contribution is -2.30. The van der Waals surface area contributed by atoms with Gasteiger partial charge in [-0.15, -0.1) is 0 Å². The Kier molecular flexibility index (Phi) is 7.06. The van der Waals surface area contributed by atoms with Gasteiger partial charge in [-0.3, -0.25) is 4.79 Å². The van der Waals surface area contributed by atoms with Gasteiger partial charge in [-0.1, -0.05) is 15.9 Å². The van der Waals surface area contributed by atoms with Gasteiger partial charge in [-0.2, -0.15) is 0 Å². The maximum Gasteiger partial charge on any atom is 0.339 e. The molecule has 1 N–H and O–H groups in total. The summed E-state index contributed by atoms with van der Waals surface area (Å²) in [4.78, 5) is 24.7. The maximum absolute atomic E-state index is 12.4. The van der Waals surface area contributed by atoms with Crippen LogP contribution in [0.15, 0.2) is 40.9 Å². The van der Waals surface area contributed by atoms with Gasteiger partial charge in [-0.05, 0) is 43.3 Å². The topological polar surface area (TPSA) is 83.1 Å². The van der Waals surface area contributed by atoms with E-state index in [1.54, 1.807) is 24.3 Å². The second-order valence-corrected chi connectivity index (χ2v) is 6.37. The zero-order chi connectivity index (χ0) is 20.0. The van der Waals surface area contributed by atoms with Crippen LogP contribution in [0.4, 0.5) is 5.69 Å². The smallest absolute Gasteiger partial charge is 0.339 e. The molecule has 0 saturated carbocycles. The van der Waals surface area contributed by atoms with Gasteiger partial charge in [0.15, 0.2) is 17.6 Å². The number of hydrogen-bond acceptors (Lipinski definition) is 6. The molecule has 0 aliphatic rings. The van der Waals surface area contributed by atoms with Crippen LogP contribution in [0.25, 0.3) is 0 Å².